The molecule has 2 amide bonds. The van der Waals surface area contributed by atoms with E-state index in [0.717, 1.165) is 9.87 Å². The van der Waals surface area contributed by atoms with Crippen LogP contribution in [0.5, 0.6) is 5.75 Å². The second-order valence-corrected chi connectivity index (χ2v) is 8.22. The smallest absolute Gasteiger partial charge is 0.273 e. The Morgan fingerprint density at radius 3 is 2.37 bits per heavy atom. The lowest BCUT2D eigenvalue weighted by Crippen LogP contribution is -2.46. The molecule has 2 aromatic rings. The SMILES string of the molecule is Cc1ccc(S(=O)(=O)N(C)CC(=O)NNC(=O)c2cc(Cl)ccc2O)cc1. The Labute approximate surface area is 161 Å². The van der Waals surface area contributed by atoms with Crippen LogP contribution < -0.4 is 10.9 Å². The van der Waals surface area contributed by atoms with Gasteiger partial charge in [0.25, 0.3) is 11.8 Å². The van der Waals surface area contributed by atoms with Crippen molar-refractivity contribution in [1.82, 2.24) is 15.2 Å². The van der Waals surface area contributed by atoms with Gasteiger partial charge >= 0.3 is 0 Å². The molecule has 0 saturated carbocycles. The van der Waals surface area contributed by atoms with E-state index >= 15 is 0 Å². The lowest BCUT2D eigenvalue weighted by Gasteiger charge is -2.17. The molecular weight excluding hydrogens is 394 g/mol. The van der Waals surface area contributed by atoms with Gasteiger partial charge in [0.1, 0.15) is 5.75 Å². The number of likely N-dealkylation sites (N-methyl/N-ethyl adjacent to an activating group) is 1. The van der Waals surface area contributed by atoms with Crippen molar-refractivity contribution >= 4 is 33.4 Å². The van der Waals surface area contributed by atoms with Gasteiger partial charge in [-0.1, -0.05) is 29.3 Å². The Balaban J connectivity index is 1.97. The molecule has 0 aromatic heterocycles. The van der Waals surface area contributed by atoms with E-state index in [1.807, 2.05) is 6.92 Å². The van der Waals surface area contributed by atoms with Gasteiger partial charge in [-0.2, -0.15) is 4.31 Å². The summed E-state index contributed by atoms with van der Waals surface area (Å²) in [5.41, 5.74) is 4.95. The van der Waals surface area contributed by atoms with E-state index in [2.05, 4.69) is 10.9 Å². The van der Waals surface area contributed by atoms with E-state index in [4.69, 9.17) is 11.6 Å². The molecule has 3 N–H and O–H groups in total. The number of phenols is 1. The van der Waals surface area contributed by atoms with Gasteiger partial charge < -0.3 is 5.11 Å². The highest BCUT2D eigenvalue weighted by Crippen LogP contribution is 2.21. The Kier molecular flexibility index (Phi) is 6.42. The average Bonchev–Trinajstić information content (AvgIpc) is 2.62. The van der Waals surface area contributed by atoms with Crippen LogP contribution >= 0.6 is 11.6 Å². The number of hydrogen-bond donors (Lipinski definition) is 3. The number of carbonyl (C=O) groups excluding carboxylic acids is 2. The highest BCUT2D eigenvalue weighted by Gasteiger charge is 2.23. The third kappa shape index (κ3) is 5.19. The van der Waals surface area contributed by atoms with Gasteiger partial charge in [-0.25, -0.2) is 8.42 Å². The Bertz CT molecular complexity index is 961. The Morgan fingerprint density at radius 2 is 1.74 bits per heavy atom. The van der Waals surface area contributed by atoms with Crippen LogP contribution in [0.1, 0.15) is 15.9 Å². The molecule has 0 unspecified atom stereocenters. The molecule has 0 aliphatic heterocycles. The van der Waals surface area contributed by atoms with Crippen LogP contribution in [0.25, 0.3) is 0 Å². The van der Waals surface area contributed by atoms with Gasteiger partial charge in [0.15, 0.2) is 0 Å². The summed E-state index contributed by atoms with van der Waals surface area (Å²) in [6, 6.07) is 10.1. The van der Waals surface area contributed by atoms with Crippen LogP contribution in [-0.2, 0) is 14.8 Å². The highest BCUT2D eigenvalue weighted by molar-refractivity contribution is 7.89. The molecule has 2 rings (SSSR count). The molecule has 8 nitrogen and oxygen atoms in total. The third-order valence-corrected chi connectivity index (χ3v) is 5.67. The second-order valence-electron chi connectivity index (χ2n) is 5.74. The Hall–Kier alpha value is -2.62. The number of nitrogens with zero attached hydrogens (tertiary/aromatic N) is 1. The molecule has 0 fully saturated rings. The van der Waals surface area contributed by atoms with Crippen molar-refractivity contribution < 1.29 is 23.1 Å². The summed E-state index contributed by atoms with van der Waals surface area (Å²) < 4.78 is 25.7. The quantitative estimate of drug-likeness (QED) is 0.644. The minimum atomic E-state index is -3.85. The highest BCUT2D eigenvalue weighted by atomic mass is 35.5. The summed E-state index contributed by atoms with van der Waals surface area (Å²) in [4.78, 5) is 24.0. The number of halogens is 1. The topological polar surface area (TPSA) is 116 Å². The first kappa shape index (κ1) is 20.7. The molecule has 0 bridgehead atoms. The third-order valence-electron chi connectivity index (χ3n) is 3.61. The van der Waals surface area contributed by atoms with E-state index in [9.17, 15) is 23.1 Å². The zero-order valence-electron chi connectivity index (χ0n) is 14.6. The van der Waals surface area contributed by atoms with Crippen LogP contribution in [0.15, 0.2) is 47.4 Å². The van der Waals surface area contributed by atoms with E-state index in [0.29, 0.717) is 0 Å². The standard InChI is InChI=1S/C17H18ClN3O5S/c1-11-3-6-13(7-4-11)27(25,26)21(2)10-16(23)19-20-17(24)14-9-12(18)5-8-15(14)22/h3-9,22H,10H2,1-2H3,(H,19,23)(H,20,24). The minimum absolute atomic E-state index is 0.0521. The number of rotatable bonds is 5. The van der Waals surface area contributed by atoms with Crippen molar-refractivity contribution in [3.05, 3.63) is 58.6 Å². The predicted molar refractivity (Wildman–Crippen MR) is 99.7 cm³/mol. The van der Waals surface area contributed by atoms with Crippen molar-refractivity contribution in [1.29, 1.82) is 0 Å². The maximum atomic E-state index is 12.4. The fourth-order valence-electron chi connectivity index (χ4n) is 2.10. The first-order valence-corrected chi connectivity index (χ1v) is 9.54. The van der Waals surface area contributed by atoms with Crippen LogP contribution in [0.2, 0.25) is 5.02 Å². The minimum Gasteiger partial charge on any atom is -0.507 e. The molecule has 10 heteroatoms. The van der Waals surface area contributed by atoms with E-state index < -0.39 is 28.4 Å². The number of carbonyl (C=O) groups is 2. The lowest BCUT2D eigenvalue weighted by molar-refractivity contribution is -0.121. The maximum Gasteiger partial charge on any atom is 0.273 e. The fraction of sp³-hybridized carbons (Fsp3) is 0.176. The van der Waals surface area contributed by atoms with Gasteiger partial charge in [-0.05, 0) is 37.3 Å². The average molecular weight is 412 g/mol. The van der Waals surface area contributed by atoms with Gasteiger partial charge in [-0.15, -0.1) is 0 Å². The molecule has 0 radical (unpaired) electrons. The van der Waals surface area contributed by atoms with E-state index in [1.54, 1.807) is 12.1 Å². The van der Waals surface area contributed by atoms with E-state index in [1.165, 1.54) is 37.4 Å². The first-order valence-electron chi connectivity index (χ1n) is 7.72. The van der Waals surface area contributed by atoms with Crippen LogP contribution in [0, 0.1) is 6.92 Å². The fourth-order valence-corrected chi connectivity index (χ4v) is 3.40. The molecule has 0 aliphatic rings. The summed E-state index contributed by atoms with van der Waals surface area (Å²) >= 11 is 5.76. The number of aromatic hydroxyl groups is 1. The molecular formula is C17H18ClN3O5S. The lowest BCUT2D eigenvalue weighted by atomic mass is 10.2. The summed E-state index contributed by atoms with van der Waals surface area (Å²) in [6.45, 7) is 1.31. The largest absolute Gasteiger partial charge is 0.507 e. The number of hydrazine groups is 1. The van der Waals surface area contributed by atoms with Gasteiger partial charge in [-0.3, -0.25) is 20.4 Å². The van der Waals surface area contributed by atoms with Crippen LogP contribution in [0.3, 0.4) is 0 Å². The van der Waals surface area contributed by atoms with Crippen LogP contribution in [-0.4, -0.2) is 43.2 Å². The predicted octanol–water partition coefficient (Wildman–Crippen LogP) is 1.44. The number of aryl methyl sites for hydroxylation is 1. The number of sulfonamides is 1. The van der Waals surface area contributed by atoms with E-state index in [-0.39, 0.29) is 21.2 Å². The molecule has 0 atom stereocenters. The second kappa shape index (κ2) is 8.38. The zero-order chi connectivity index (χ0) is 20.2. The molecule has 2 aromatic carbocycles. The normalized spacial score (nSPS) is 11.3. The van der Waals surface area contributed by atoms with Crippen molar-refractivity contribution in [2.24, 2.45) is 0 Å². The molecule has 0 heterocycles. The number of phenolic OH excluding ortho intramolecular Hbond substituents is 1. The molecule has 27 heavy (non-hydrogen) atoms. The van der Waals surface area contributed by atoms with Crippen LogP contribution in [0.4, 0.5) is 0 Å². The number of amides is 2. The number of benzene rings is 2. The molecule has 0 spiro atoms. The van der Waals surface area contributed by atoms with Crippen molar-refractivity contribution in [3.8, 4) is 5.75 Å². The number of nitrogens with one attached hydrogen (secondary N) is 2. The van der Waals surface area contributed by atoms with Crippen molar-refractivity contribution in [2.75, 3.05) is 13.6 Å². The Morgan fingerprint density at radius 1 is 1.11 bits per heavy atom. The zero-order valence-corrected chi connectivity index (χ0v) is 16.1. The molecule has 144 valence electrons. The first-order chi connectivity index (χ1) is 12.6. The summed E-state index contributed by atoms with van der Waals surface area (Å²) in [6.07, 6.45) is 0. The molecule has 0 aliphatic carbocycles. The van der Waals surface area contributed by atoms with Gasteiger partial charge in [0.05, 0.1) is 17.0 Å². The van der Waals surface area contributed by atoms with Crippen molar-refractivity contribution in [3.63, 3.8) is 0 Å². The van der Waals surface area contributed by atoms with Crippen molar-refractivity contribution in [2.45, 2.75) is 11.8 Å². The maximum absolute atomic E-state index is 12.4. The molecule has 0 saturated heterocycles. The summed E-state index contributed by atoms with van der Waals surface area (Å²) in [5.74, 6) is -1.87. The van der Waals surface area contributed by atoms with Gasteiger partial charge in [0, 0.05) is 12.1 Å². The summed E-state index contributed by atoms with van der Waals surface area (Å²) in [7, 11) is -2.60. The summed E-state index contributed by atoms with van der Waals surface area (Å²) in [5, 5.41) is 9.88. The van der Waals surface area contributed by atoms with Gasteiger partial charge in [0.2, 0.25) is 10.0 Å². The number of hydrogen-bond acceptors (Lipinski definition) is 5. The monoisotopic (exact) mass is 411 g/mol.